The number of aliphatic hydroxyl groups is 1. The van der Waals surface area contributed by atoms with Crippen LogP contribution in [-0.2, 0) is 26.8 Å². The molecule has 0 saturated heterocycles. The average molecular weight is 398 g/mol. The standard InChI is InChI=1S/C8H12N2O3S.CH2O3.Na.H2O4S/c9-7-1-2-8(14(10,12)13)6(5-7)3-4-11;2-1(3)4;;1-5(2,3)4/h1-2,5,11H,3-4,9H2,(H2,10,12,13);(H2,2,3,4);;(H2,1,2,3,4)/q;;+1;/p-1. The number of nitrogen functional groups attached to an aromatic ring is 1. The van der Waals surface area contributed by atoms with Crippen LogP contribution in [0.4, 0.5) is 10.5 Å². The molecule has 0 aliphatic rings. The van der Waals surface area contributed by atoms with E-state index in [1.165, 1.54) is 18.2 Å². The molecule has 0 saturated carbocycles. The van der Waals surface area contributed by atoms with Crippen molar-refractivity contribution in [2.24, 2.45) is 5.14 Å². The smallest absolute Gasteiger partial charge is 0.565 e. The number of nitrogens with two attached hydrogens (primary N) is 2. The van der Waals surface area contributed by atoms with Crippen molar-refractivity contribution in [1.29, 1.82) is 0 Å². The quantitative estimate of drug-likeness (QED) is 0.159. The van der Waals surface area contributed by atoms with E-state index in [0.717, 1.165) is 0 Å². The van der Waals surface area contributed by atoms with Gasteiger partial charge in [0.15, 0.2) is 0 Å². The van der Waals surface area contributed by atoms with Gasteiger partial charge in [-0.05, 0) is 30.2 Å². The monoisotopic (exact) mass is 398 g/mol. The number of hydrogen-bond acceptors (Lipinski definition) is 8. The Hall–Kier alpha value is -0.970. The molecule has 8 N–H and O–H groups in total. The van der Waals surface area contributed by atoms with Crippen molar-refractivity contribution in [2.45, 2.75) is 11.3 Å². The van der Waals surface area contributed by atoms with Gasteiger partial charge in [0.25, 0.3) is 0 Å². The maximum atomic E-state index is 11.1. The molecule has 0 bridgehead atoms. The first-order valence-corrected chi connectivity index (χ1v) is 8.24. The first-order valence-electron chi connectivity index (χ1n) is 5.30. The van der Waals surface area contributed by atoms with Crippen LogP contribution in [0.15, 0.2) is 23.1 Å². The van der Waals surface area contributed by atoms with Crippen molar-refractivity contribution in [3.63, 3.8) is 0 Å². The van der Waals surface area contributed by atoms with Gasteiger partial charge in [0.1, 0.15) is 0 Å². The summed E-state index contributed by atoms with van der Waals surface area (Å²) < 4.78 is 53.8. The zero-order valence-corrected chi connectivity index (χ0v) is 16.0. The molecular formula is C9H15N2NaO10S2. The third-order valence-corrected chi connectivity index (χ3v) is 2.78. The Bertz CT molecular complexity index is 708. The minimum Gasteiger partial charge on any atom is -0.565 e. The van der Waals surface area contributed by atoms with Gasteiger partial charge in [-0.15, -0.1) is 0 Å². The van der Waals surface area contributed by atoms with E-state index in [2.05, 4.69) is 0 Å². The van der Waals surface area contributed by atoms with E-state index in [9.17, 15) is 8.42 Å². The predicted octanol–water partition coefficient (Wildman–Crippen LogP) is -5.31. The summed E-state index contributed by atoms with van der Waals surface area (Å²) in [4.78, 5) is 8.46. The predicted molar refractivity (Wildman–Crippen MR) is 75.2 cm³/mol. The second-order valence-corrected chi connectivity index (χ2v) is 6.03. The number of benzene rings is 1. The van der Waals surface area contributed by atoms with Crippen LogP contribution in [0.1, 0.15) is 5.56 Å². The number of carboxylic acid groups (broad SMARTS) is 2. The molecule has 0 aromatic heterocycles. The Kier molecular flexibility index (Phi) is 14.4. The van der Waals surface area contributed by atoms with E-state index in [1.54, 1.807) is 0 Å². The Morgan fingerprint density at radius 1 is 1.17 bits per heavy atom. The van der Waals surface area contributed by atoms with Gasteiger partial charge in [-0.1, -0.05) is 0 Å². The van der Waals surface area contributed by atoms with Crippen LogP contribution in [-0.4, -0.2) is 48.9 Å². The van der Waals surface area contributed by atoms with Gasteiger partial charge < -0.3 is 25.8 Å². The summed E-state index contributed by atoms with van der Waals surface area (Å²) in [6, 6.07) is 4.30. The van der Waals surface area contributed by atoms with Crippen molar-refractivity contribution in [3.05, 3.63) is 23.8 Å². The normalized spacial score (nSPS) is 10.2. The Labute approximate surface area is 160 Å². The summed E-state index contributed by atoms with van der Waals surface area (Å²) >= 11 is 0. The summed E-state index contributed by atoms with van der Waals surface area (Å²) in [7, 11) is -8.41. The maximum absolute atomic E-state index is 11.1. The molecular weight excluding hydrogens is 383 g/mol. The SMILES string of the molecule is Nc1ccc(S(N)(=O)=O)c(CCO)c1.O=C([O-])O.O=S(=O)(O)O.[Na+]. The van der Waals surface area contributed by atoms with Gasteiger partial charge in [0.2, 0.25) is 16.2 Å². The zero-order valence-electron chi connectivity index (χ0n) is 12.4. The Balaban J connectivity index is -0.000000370. The van der Waals surface area contributed by atoms with Crippen LogP contribution in [0.25, 0.3) is 0 Å². The van der Waals surface area contributed by atoms with Crippen LogP contribution < -0.4 is 45.5 Å². The Morgan fingerprint density at radius 3 is 1.83 bits per heavy atom. The number of hydrogen-bond donors (Lipinski definition) is 6. The minimum absolute atomic E-state index is 0. The van der Waals surface area contributed by atoms with E-state index >= 15 is 0 Å². The van der Waals surface area contributed by atoms with Gasteiger partial charge in [-0.2, -0.15) is 8.42 Å². The molecule has 0 atom stereocenters. The van der Waals surface area contributed by atoms with Gasteiger partial charge in [-0.3, -0.25) is 9.11 Å². The Morgan fingerprint density at radius 2 is 1.54 bits per heavy atom. The fraction of sp³-hybridized carbons (Fsp3) is 0.222. The van der Waals surface area contributed by atoms with Crippen LogP contribution in [0.3, 0.4) is 0 Å². The van der Waals surface area contributed by atoms with Gasteiger partial charge in [0, 0.05) is 12.3 Å². The molecule has 0 unspecified atom stereocenters. The number of sulfonamides is 1. The molecule has 134 valence electrons. The first-order chi connectivity index (χ1) is 10.2. The first kappa shape index (κ1) is 27.9. The van der Waals surface area contributed by atoms with Gasteiger partial charge in [-0.25, -0.2) is 13.6 Å². The van der Waals surface area contributed by atoms with Crippen molar-refractivity contribution in [3.8, 4) is 0 Å². The summed E-state index contributed by atoms with van der Waals surface area (Å²) in [5, 5.41) is 29.0. The number of anilines is 1. The van der Waals surface area contributed by atoms with E-state index in [4.69, 9.17) is 48.5 Å². The number of primary sulfonamides is 1. The van der Waals surface area contributed by atoms with E-state index in [0.29, 0.717) is 11.3 Å². The molecule has 1 aromatic rings. The van der Waals surface area contributed by atoms with Crippen molar-refractivity contribution >= 4 is 32.3 Å². The van der Waals surface area contributed by atoms with Gasteiger partial charge >= 0.3 is 40.0 Å². The molecule has 0 heterocycles. The maximum Gasteiger partial charge on any atom is 1.00 e. The molecule has 1 aromatic carbocycles. The van der Waals surface area contributed by atoms with Crippen LogP contribution >= 0.6 is 0 Å². The second-order valence-electron chi connectivity index (χ2n) is 3.60. The third kappa shape index (κ3) is 19.1. The fourth-order valence-electron chi connectivity index (χ4n) is 1.19. The molecule has 0 spiro atoms. The summed E-state index contributed by atoms with van der Waals surface area (Å²) in [5.74, 6) is 0. The number of carbonyl (C=O) groups is 1. The molecule has 0 radical (unpaired) electrons. The molecule has 0 aliphatic carbocycles. The van der Waals surface area contributed by atoms with E-state index < -0.39 is 26.6 Å². The van der Waals surface area contributed by atoms with Crippen molar-refractivity contribution in [1.82, 2.24) is 0 Å². The molecule has 15 heteroatoms. The molecule has 0 aliphatic heterocycles. The second kappa shape index (κ2) is 12.4. The fourth-order valence-corrected chi connectivity index (χ4v) is 1.98. The van der Waals surface area contributed by atoms with Crippen molar-refractivity contribution < 1.29 is 75.6 Å². The number of aliphatic hydroxyl groups excluding tert-OH is 1. The van der Waals surface area contributed by atoms with Crippen LogP contribution in [0.5, 0.6) is 0 Å². The third-order valence-electron chi connectivity index (χ3n) is 1.77. The minimum atomic E-state index is -4.67. The molecule has 24 heavy (non-hydrogen) atoms. The van der Waals surface area contributed by atoms with Crippen LogP contribution in [0.2, 0.25) is 0 Å². The topological polar surface area (TPSA) is 241 Å². The average Bonchev–Trinajstić information content (AvgIpc) is 2.24. The van der Waals surface area contributed by atoms with Crippen molar-refractivity contribution in [2.75, 3.05) is 12.3 Å². The largest absolute Gasteiger partial charge is 1.00 e. The molecule has 1 rings (SSSR count). The molecule has 12 nitrogen and oxygen atoms in total. The van der Waals surface area contributed by atoms with E-state index in [1.807, 2.05) is 0 Å². The number of rotatable bonds is 3. The summed E-state index contributed by atoms with van der Waals surface area (Å²) in [6.07, 6.45) is -1.86. The summed E-state index contributed by atoms with van der Waals surface area (Å²) in [5.41, 5.74) is 6.37. The van der Waals surface area contributed by atoms with Crippen LogP contribution in [0, 0.1) is 0 Å². The van der Waals surface area contributed by atoms with Gasteiger partial charge in [0.05, 0.1) is 4.90 Å². The zero-order chi connectivity index (χ0) is 18.8. The molecule has 0 fully saturated rings. The molecule has 0 amide bonds. The summed E-state index contributed by atoms with van der Waals surface area (Å²) in [6.45, 7) is -0.147. The van der Waals surface area contributed by atoms with E-state index in [-0.39, 0.29) is 47.5 Å².